The van der Waals surface area contributed by atoms with Crippen LogP contribution in [0.15, 0.2) is 36.7 Å². The minimum Gasteiger partial charge on any atom is -0.310 e. The van der Waals surface area contributed by atoms with Crippen molar-refractivity contribution < 1.29 is 9.59 Å². The van der Waals surface area contributed by atoms with Gasteiger partial charge in [-0.25, -0.2) is 9.97 Å². The Morgan fingerprint density at radius 3 is 2.59 bits per heavy atom. The molecule has 2 N–H and O–H groups in total. The van der Waals surface area contributed by atoms with Crippen LogP contribution >= 0.6 is 11.6 Å². The van der Waals surface area contributed by atoms with Crippen molar-refractivity contribution in [1.29, 1.82) is 0 Å². The molecule has 2 amide bonds. The summed E-state index contributed by atoms with van der Waals surface area (Å²) in [6.45, 7) is 3.63. The predicted octanol–water partition coefficient (Wildman–Crippen LogP) is 2.73. The van der Waals surface area contributed by atoms with Crippen molar-refractivity contribution in [2.24, 2.45) is 5.92 Å². The van der Waals surface area contributed by atoms with E-state index in [1.165, 1.54) is 6.20 Å². The fourth-order valence-electron chi connectivity index (χ4n) is 3.02. The molecule has 2 aromatic heterocycles. The summed E-state index contributed by atoms with van der Waals surface area (Å²) in [7, 11) is 0. The number of likely N-dealkylation sites (tertiary alicyclic amines) is 1. The average molecular weight is 388 g/mol. The zero-order valence-electron chi connectivity index (χ0n) is 15.1. The largest absolute Gasteiger partial charge is 0.310 e. The van der Waals surface area contributed by atoms with Crippen molar-refractivity contribution in [1.82, 2.24) is 14.9 Å². The first-order valence-corrected chi connectivity index (χ1v) is 9.24. The minimum absolute atomic E-state index is 0.0115. The Labute approximate surface area is 163 Å². The highest BCUT2D eigenvalue weighted by atomic mass is 35.5. The molecule has 0 spiro atoms. The van der Waals surface area contributed by atoms with Crippen molar-refractivity contribution >= 4 is 35.1 Å². The van der Waals surface area contributed by atoms with Crippen LogP contribution < -0.4 is 10.6 Å². The molecule has 3 rings (SSSR count). The molecule has 0 aromatic carbocycles. The van der Waals surface area contributed by atoms with Crippen LogP contribution in [0.25, 0.3) is 0 Å². The maximum absolute atomic E-state index is 12.4. The van der Waals surface area contributed by atoms with Gasteiger partial charge in [0.1, 0.15) is 11.6 Å². The van der Waals surface area contributed by atoms with Crippen LogP contribution in [0.1, 0.15) is 18.4 Å². The summed E-state index contributed by atoms with van der Waals surface area (Å²) in [4.78, 5) is 34.8. The molecule has 0 unspecified atom stereocenters. The van der Waals surface area contributed by atoms with Crippen LogP contribution in [0.3, 0.4) is 0 Å². The number of piperidine rings is 1. The molecule has 1 aliphatic rings. The summed E-state index contributed by atoms with van der Waals surface area (Å²) in [6, 6.07) is 7.08. The second kappa shape index (κ2) is 8.92. The number of halogens is 1. The second-order valence-electron chi connectivity index (χ2n) is 6.67. The number of rotatable bonds is 5. The van der Waals surface area contributed by atoms with Gasteiger partial charge in [-0.3, -0.25) is 14.5 Å². The first-order chi connectivity index (χ1) is 13.0. The molecule has 1 aliphatic heterocycles. The third kappa shape index (κ3) is 5.74. The van der Waals surface area contributed by atoms with Gasteiger partial charge in [-0.15, -0.1) is 0 Å². The lowest BCUT2D eigenvalue weighted by Gasteiger charge is -2.30. The number of carbonyl (C=O) groups excluding carboxylic acids is 2. The van der Waals surface area contributed by atoms with Crippen molar-refractivity contribution in [3.8, 4) is 0 Å². The lowest BCUT2D eigenvalue weighted by molar-refractivity contribution is -0.121. The molecule has 3 heterocycles. The molecular formula is C19H22ClN5O2. The summed E-state index contributed by atoms with van der Waals surface area (Å²) in [5.74, 6) is 0.852. The van der Waals surface area contributed by atoms with Gasteiger partial charge in [0.15, 0.2) is 0 Å². The maximum Gasteiger partial charge on any atom is 0.239 e. The maximum atomic E-state index is 12.4. The summed E-state index contributed by atoms with van der Waals surface area (Å²) in [5.41, 5.74) is 1.05. The molecule has 0 bridgehead atoms. The highest BCUT2D eigenvalue weighted by molar-refractivity contribution is 6.30. The second-order valence-corrected chi connectivity index (χ2v) is 7.10. The van der Waals surface area contributed by atoms with E-state index in [1.54, 1.807) is 18.3 Å². The van der Waals surface area contributed by atoms with Gasteiger partial charge in [0.2, 0.25) is 11.8 Å². The van der Waals surface area contributed by atoms with E-state index < -0.39 is 0 Å². The standard InChI is InChI=1S/C19H22ClN5O2/c1-13-4-7-21-17(10-13)24-19(27)14-5-8-25(9-6-14)12-18(26)23-16-3-2-15(20)11-22-16/h2-4,7,10-11,14H,5-6,8-9,12H2,1H3,(H,21,24,27)(H,22,23,26). The third-order valence-corrected chi connectivity index (χ3v) is 4.71. The number of nitrogens with one attached hydrogen (secondary N) is 2. The highest BCUT2D eigenvalue weighted by Gasteiger charge is 2.26. The Morgan fingerprint density at radius 2 is 1.93 bits per heavy atom. The Balaban J connectivity index is 1.43. The summed E-state index contributed by atoms with van der Waals surface area (Å²) in [5, 5.41) is 6.15. The fraction of sp³-hybridized carbons (Fsp3) is 0.368. The number of anilines is 2. The van der Waals surface area contributed by atoms with Gasteiger partial charge in [0.25, 0.3) is 0 Å². The quantitative estimate of drug-likeness (QED) is 0.823. The number of pyridine rings is 2. The van der Waals surface area contributed by atoms with Gasteiger partial charge >= 0.3 is 0 Å². The van der Waals surface area contributed by atoms with E-state index in [0.29, 0.717) is 42.6 Å². The minimum atomic E-state index is -0.128. The first kappa shape index (κ1) is 19.3. The zero-order chi connectivity index (χ0) is 19.2. The van der Waals surface area contributed by atoms with E-state index in [4.69, 9.17) is 11.6 Å². The monoisotopic (exact) mass is 387 g/mol. The van der Waals surface area contributed by atoms with Crippen LogP contribution in [0.4, 0.5) is 11.6 Å². The van der Waals surface area contributed by atoms with Crippen molar-refractivity contribution in [3.05, 3.63) is 47.2 Å². The normalized spacial score (nSPS) is 15.3. The third-order valence-electron chi connectivity index (χ3n) is 4.49. The molecule has 8 heteroatoms. The Bertz CT molecular complexity index is 804. The molecule has 142 valence electrons. The molecular weight excluding hydrogens is 366 g/mol. The topological polar surface area (TPSA) is 87.2 Å². The van der Waals surface area contributed by atoms with Crippen LogP contribution in [0, 0.1) is 12.8 Å². The van der Waals surface area contributed by atoms with E-state index in [9.17, 15) is 9.59 Å². The van der Waals surface area contributed by atoms with Crippen LogP contribution in [-0.2, 0) is 9.59 Å². The number of aryl methyl sites for hydroxylation is 1. The molecule has 0 radical (unpaired) electrons. The summed E-state index contributed by atoms with van der Waals surface area (Å²) < 4.78 is 0. The van der Waals surface area contributed by atoms with E-state index in [1.807, 2.05) is 24.0 Å². The highest BCUT2D eigenvalue weighted by Crippen LogP contribution is 2.19. The average Bonchev–Trinajstić information content (AvgIpc) is 2.64. The van der Waals surface area contributed by atoms with Gasteiger partial charge in [-0.2, -0.15) is 0 Å². The molecule has 1 saturated heterocycles. The van der Waals surface area contributed by atoms with E-state index in [0.717, 1.165) is 5.56 Å². The van der Waals surface area contributed by atoms with Gasteiger partial charge in [-0.1, -0.05) is 11.6 Å². The molecule has 0 saturated carbocycles. The first-order valence-electron chi connectivity index (χ1n) is 8.87. The summed E-state index contributed by atoms with van der Waals surface area (Å²) in [6.07, 6.45) is 4.60. The van der Waals surface area contributed by atoms with E-state index >= 15 is 0 Å². The fourth-order valence-corrected chi connectivity index (χ4v) is 3.13. The van der Waals surface area contributed by atoms with E-state index in [2.05, 4.69) is 20.6 Å². The smallest absolute Gasteiger partial charge is 0.239 e. The van der Waals surface area contributed by atoms with Crippen molar-refractivity contribution in [2.45, 2.75) is 19.8 Å². The molecule has 7 nitrogen and oxygen atoms in total. The number of amides is 2. The lowest BCUT2D eigenvalue weighted by Crippen LogP contribution is -2.41. The molecule has 27 heavy (non-hydrogen) atoms. The lowest BCUT2D eigenvalue weighted by atomic mass is 9.96. The molecule has 2 aromatic rings. The van der Waals surface area contributed by atoms with Gasteiger partial charge in [-0.05, 0) is 62.7 Å². The Hall–Kier alpha value is -2.51. The number of hydrogen-bond acceptors (Lipinski definition) is 5. The molecule has 1 fully saturated rings. The number of hydrogen-bond donors (Lipinski definition) is 2. The number of aromatic nitrogens is 2. The molecule has 0 aliphatic carbocycles. The number of carbonyl (C=O) groups is 2. The van der Waals surface area contributed by atoms with Crippen LogP contribution in [0.5, 0.6) is 0 Å². The Kier molecular flexibility index (Phi) is 6.36. The SMILES string of the molecule is Cc1ccnc(NC(=O)C2CCN(CC(=O)Nc3ccc(Cl)cn3)CC2)c1. The van der Waals surface area contributed by atoms with Crippen molar-refractivity contribution in [3.63, 3.8) is 0 Å². The predicted molar refractivity (Wildman–Crippen MR) is 105 cm³/mol. The van der Waals surface area contributed by atoms with E-state index in [-0.39, 0.29) is 24.3 Å². The van der Waals surface area contributed by atoms with Gasteiger partial charge < -0.3 is 10.6 Å². The molecule has 0 atom stereocenters. The summed E-state index contributed by atoms with van der Waals surface area (Å²) >= 11 is 5.78. The van der Waals surface area contributed by atoms with Crippen molar-refractivity contribution in [2.75, 3.05) is 30.3 Å². The van der Waals surface area contributed by atoms with Crippen LogP contribution in [-0.4, -0.2) is 46.3 Å². The van der Waals surface area contributed by atoms with Gasteiger partial charge in [0.05, 0.1) is 11.6 Å². The van der Waals surface area contributed by atoms with Gasteiger partial charge in [0, 0.05) is 18.3 Å². The Morgan fingerprint density at radius 1 is 1.15 bits per heavy atom. The van der Waals surface area contributed by atoms with Crippen LogP contribution in [0.2, 0.25) is 5.02 Å². The zero-order valence-corrected chi connectivity index (χ0v) is 15.9. The number of nitrogens with zero attached hydrogens (tertiary/aromatic N) is 3.